The fourth-order valence-electron chi connectivity index (χ4n) is 2.63. The molecular formula is C9H15N3O2. The molecule has 3 aliphatic heterocycles. The third-order valence-corrected chi connectivity index (χ3v) is 3.39. The molecule has 2 N–H and O–H groups in total. The Hall–Kier alpha value is -0.780. The van der Waals surface area contributed by atoms with Gasteiger partial charge >= 0.3 is 0 Å². The number of rotatable bonds is 1. The van der Waals surface area contributed by atoms with Crippen LogP contribution in [0.25, 0.3) is 0 Å². The molecule has 78 valence electrons. The highest BCUT2D eigenvalue weighted by molar-refractivity contribution is 4.94. The number of nitrogens with one attached hydrogen (secondary N) is 1. The monoisotopic (exact) mass is 197 g/mol. The number of fused-ring (bicyclic) bond motifs is 2. The average Bonchev–Trinajstić information content (AvgIpc) is 2.78. The van der Waals surface area contributed by atoms with E-state index in [2.05, 4.69) is 10.4 Å². The van der Waals surface area contributed by atoms with Gasteiger partial charge in [0.2, 0.25) is 0 Å². The standard InChI is InChI=1S/C9H15N3O2/c13-8-6-11-5-7(8)1-2-9(11)12-4-3-10-14-12/h3-4,7-10,13H,1-2,5-6H2. The molecule has 0 aliphatic carbocycles. The van der Waals surface area contributed by atoms with Crippen molar-refractivity contribution in [3.63, 3.8) is 0 Å². The van der Waals surface area contributed by atoms with E-state index in [-0.39, 0.29) is 12.3 Å². The second-order valence-electron chi connectivity index (χ2n) is 4.22. The molecule has 0 saturated carbocycles. The van der Waals surface area contributed by atoms with E-state index in [9.17, 15) is 5.11 Å². The zero-order valence-electron chi connectivity index (χ0n) is 7.97. The van der Waals surface area contributed by atoms with Crippen molar-refractivity contribution in [2.45, 2.75) is 25.1 Å². The zero-order chi connectivity index (χ0) is 9.54. The van der Waals surface area contributed by atoms with Crippen molar-refractivity contribution in [1.82, 2.24) is 15.4 Å². The Bertz CT molecular complexity index is 256. The molecule has 5 nitrogen and oxygen atoms in total. The fraction of sp³-hybridized carbons (Fsp3) is 0.778. The first-order valence-corrected chi connectivity index (χ1v) is 5.14. The number of piperidine rings is 1. The topological polar surface area (TPSA) is 48.0 Å². The summed E-state index contributed by atoms with van der Waals surface area (Å²) in [6.07, 6.45) is 5.98. The minimum absolute atomic E-state index is 0.139. The van der Waals surface area contributed by atoms with Crippen molar-refractivity contribution in [1.29, 1.82) is 0 Å². The van der Waals surface area contributed by atoms with Crippen LogP contribution in [0.1, 0.15) is 12.8 Å². The number of nitrogens with zero attached hydrogens (tertiary/aromatic N) is 2. The first-order valence-electron chi connectivity index (χ1n) is 5.14. The van der Waals surface area contributed by atoms with Crippen LogP contribution in [-0.2, 0) is 4.94 Å². The van der Waals surface area contributed by atoms with Gasteiger partial charge in [-0.2, -0.15) is 4.94 Å². The summed E-state index contributed by atoms with van der Waals surface area (Å²) < 4.78 is 0. The van der Waals surface area contributed by atoms with Gasteiger partial charge in [0.1, 0.15) is 6.17 Å². The van der Waals surface area contributed by atoms with E-state index < -0.39 is 0 Å². The van der Waals surface area contributed by atoms with Gasteiger partial charge in [-0.1, -0.05) is 0 Å². The Morgan fingerprint density at radius 1 is 1.36 bits per heavy atom. The SMILES string of the molecule is OC1CN2CC1CCC2N1C=CNO1. The van der Waals surface area contributed by atoms with Crippen molar-refractivity contribution < 1.29 is 10.0 Å². The summed E-state index contributed by atoms with van der Waals surface area (Å²) >= 11 is 0. The molecule has 2 saturated heterocycles. The van der Waals surface area contributed by atoms with Crippen LogP contribution < -0.4 is 5.48 Å². The van der Waals surface area contributed by atoms with Gasteiger partial charge < -0.3 is 5.11 Å². The molecule has 3 rings (SSSR count). The third kappa shape index (κ3) is 1.20. The molecule has 0 aromatic heterocycles. The zero-order valence-corrected chi connectivity index (χ0v) is 7.97. The van der Waals surface area contributed by atoms with E-state index in [4.69, 9.17) is 4.94 Å². The Morgan fingerprint density at radius 3 is 3.07 bits per heavy atom. The maximum Gasteiger partial charge on any atom is 0.110 e. The molecule has 2 bridgehead atoms. The summed E-state index contributed by atoms with van der Waals surface area (Å²) in [7, 11) is 0. The number of hydroxylamine groups is 3. The van der Waals surface area contributed by atoms with Gasteiger partial charge in [-0.05, 0) is 18.8 Å². The first-order chi connectivity index (χ1) is 6.84. The van der Waals surface area contributed by atoms with Crippen molar-refractivity contribution in [2.24, 2.45) is 5.92 Å². The molecule has 4 atom stereocenters. The van der Waals surface area contributed by atoms with Crippen LogP contribution in [0, 0.1) is 5.92 Å². The normalized spacial score (nSPS) is 45.6. The minimum Gasteiger partial charge on any atom is -0.391 e. The summed E-state index contributed by atoms with van der Waals surface area (Å²) in [6.45, 7) is 1.78. The van der Waals surface area contributed by atoms with Crippen molar-refractivity contribution in [3.05, 3.63) is 12.4 Å². The summed E-state index contributed by atoms with van der Waals surface area (Å²) in [5, 5.41) is 11.6. The molecule has 3 heterocycles. The molecule has 2 fully saturated rings. The lowest BCUT2D eigenvalue weighted by Crippen LogP contribution is -2.46. The summed E-state index contributed by atoms with van der Waals surface area (Å²) in [6, 6.07) is 0. The van der Waals surface area contributed by atoms with Gasteiger partial charge in [0.05, 0.1) is 12.3 Å². The number of aliphatic hydroxyl groups is 1. The van der Waals surface area contributed by atoms with Gasteiger partial charge in [0.25, 0.3) is 0 Å². The summed E-state index contributed by atoms with van der Waals surface area (Å²) in [5.74, 6) is 0.478. The van der Waals surface area contributed by atoms with Crippen LogP contribution in [0.5, 0.6) is 0 Å². The van der Waals surface area contributed by atoms with E-state index in [1.807, 2.05) is 11.3 Å². The quantitative estimate of drug-likeness (QED) is 0.600. The predicted molar refractivity (Wildman–Crippen MR) is 49.3 cm³/mol. The largest absolute Gasteiger partial charge is 0.391 e. The lowest BCUT2D eigenvalue weighted by atomic mass is 9.97. The smallest absolute Gasteiger partial charge is 0.110 e. The van der Waals surface area contributed by atoms with Gasteiger partial charge in [-0.15, -0.1) is 0 Å². The molecular weight excluding hydrogens is 182 g/mol. The Labute approximate surface area is 82.8 Å². The molecule has 0 radical (unpaired) electrons. The van der Waals surface area contributed by atoms with Crippen LogP contribution in [0.2, 0.25) is 0 Å². The van der Waals surface area contributed by atoms with Gasteiger partial charge in [0, 0.05) is 19.3 Å². The van der Waals surface area contributed by atoms with Crippen molar-refractivity contribution in [3.8, 4) is 0 Å². The molecule has 14 heavy (non-hydrogen) atoms. The first kappa shape index (κ1) is 8.52. The maximum atomic E-state index is 9.73. The highest BCUT2D eigenvalue weighted by atomic mass is 16.8. The fourth-order valence-corrected chi connectivity index (χ4v) is 2.63. The maximum absolute atomic E-state index is 9.73. The Kier molecular flexibility index (Phi) is 1.90. The van der Waals surface area contributed by atoms with Gasteiger partial charge in [-0.25, -0.2) is 10.5 Å². The lowest BCUT2D eigenvalue weighted by Gasteiger charge is -2.36. The van der Waals surface area contributed by atoms with Crippen molar-refractivity contribution >= 4 is 0 Å². The Morgan fingerprint density at radius 2 is 2.29 bits per heavy atom. The van der Waals surface area contributed by atoms with Crippen LogP contribution >= 0.6 is 0 Å². The van der Waals surface area contributed by atoms with Crippen LogP contribution in [0.3, 0.4) is 0 Å². The minimum atomic E-state index is -0.139. The number of hydrogen-bond acceptors (Lipinski definition) is 5. The van der Waals surface area contributed by atoms with Crippen LogP contribution in [0.15, 0.2) is 12.4 Å². The third-order valence-electron chi connectivity index (χ3n) is 3.39. The van der Waals surface area contributed by atoms with Crippen LogP contribution in [0.4, 0.5) is 0 Å². The molecule has 0 aromatic carbocycles. The van der Waals surface area contributed by atoms with E-state index >= 15 is 0 Å². The van der Waals surface area contributed by atoms with E-state index in [0.29, 0.717) is 5.92 Å². The van der Waals surface area contributed by atoms with E-state index in [1.54, 1.807) is 6.20 Å². The molecule has 3 aliphatic rings. The van der Waals surface area contributed by atoms with Gasteiger partial charge in [-0.3, -0.25) is 4.90 Å². The van der Waals surface area contributed by atoms with E-state index in [1.165, 1.54) is 0 Å². The van der Waals surface area contributed by atoms with Gasteiger partial charge in [0.15, 0.2) is 0 Å². The average molecular weight is 197 g/mol. The second-order valence-corrected chi connectivity index (χ2v) is 4.22. The highest BCUT2D eigenvalue weighted by Gasteiger charge is 2.42. The summed E-state index contributed by atoms with van der Waals surface area (Å²) in [5.41, 5.74) is 2.70. The molecule has 0 spiro atoms. The second kappa shape index (κ2) is 3.12. The Balaban J connectivity index is 1.73. The highest BCUT2D eigenvalue weighted by Crippen LogP contribution is 2.33. The summed E-state index contributed by atoms with van der Waals surface area (Å²) in [4.78, 5) is 7.52. The predicted octanol–water partition coefficient (Wildman–Crippen LogP) is -0.378. The number of hydrogen-bond donors (Lipinski definition) is 2. The molecule has 5 heteroatoms. The number of aliphatic hydroxyl groups excluding tert-OH is 1. The lowest BCUT2D eigenvalue weighted by molar-refractivity contribution is -0.203. The molecule has 4 unspecified atom stereocenters. The van der Waals surface area contributed by atoms with Crippen molar-refractivity contribution in [2.75, 3.05) is 13.1 Å². The van der Waals surface area contributed by atoms with E-state index in [0.717, 1.165) is 25.9 Å². The molecule has 0 amide bonds. The van der Waals surface area contributed by atoms with Crippen LogP contribution in [-0.4, -0.2) is 40.4 Å². The molecule has 0 aromatic rings.